The van der Waals surface area contributed by atoms with E-state index in [9.17, 15) is 5.11 Å². The van der Waals surface area contributed by atoms with Gasteiger partial charge in [-0.05, 0) is 23.5 Å². The maximum Gasteiger partial charge on any atom is 0.121 e. The lowest BCUT2D eigenvalue weighted by molar-refractivity contribution is 0.211. The minimum atomic E-state index is -0.612. The van der Waals surface area contributed by atoms with Gasteiger partial charge >= 0.3 is 0 Å². The standard InChI is InChI=1S/C17H24N2O/c1-5-6-16-18-11-15(19(16)4)17(20)14-9-7-13(8-10-14)12(2)3/h7-12,17,20H,5-6H2,1-4H3/t17-/m1/s1. The van der Waals surface area contributed by atoms with Crippen molar-refractivity contribution in [1.29, 1.82) is 0 Å². The predicted molar refractivity (Wildman–Crippen MR) is 81.8 cm³/mol. The Balaban J connectivity index is 2.24. The van der Waals surface area contributed by atoms with Crippen molar-refractivity contribution in [3.05, 3.63) is 53.1 Å². The number of nitrogens with zero attached hydrogens (tertiary/aromatic N) is 2. The van der Waals surface area contributed by atoms with E-state index in [2.05, 4.69) is 37.9 Å². The molecule has 1 aromatic carbocycles. The van der Waals surface area contributed by atoms with Crippen LogP contribution in [0.5, 0.6) is 0 Å². The lowest BCUT2D eigenvalue weighted by Gasteiger charge is -2.14. The molecule has 2 aromatic rings. The smallest absolute Gasteiger partial charge is 0.121 e. The van der Waals surface area contributed by atoms with Gasteiger partial charge in [-0.25, -0.2) is 4.98 Å². The first-order chi connectivity index (χ1) is 9.54. The molecule has 3 heteroatoms. The van der Waals surface area contributed by atoms with Gasteiger partial charge in [0.05, 0.1) is 11.9 Å². The van der Waals surface area contributed by atoms with Gasteiger partial charge in [-0.2, -0.15) is 0 Å². The molecule has 108 valence electrons. The quantitative estimate of drug-likeness (QED) is 0.903. The lowest BCUT2D eigenvalue weighted by Crippen LogP contribution is -2.08. The van der Waals surface area contributed by atoms with Gasteiger partial charge in [0.1, 0.15) is 11.9 Å². The van der Waals surface area contributed by atoms with E-state index in [1.54, 1.807) is 6.20 Å². The Hall–Kier alpha value is -1.61. The highest BCUT2D eigenvalue weighted by atomic mass is 16.3. The Kier molecular flexibility index (Phi) is 4.61. The van der Waals surface area contributed by atoms with E-state index in [0.717, 1.165) is 29.9 Å². The zero-order chi connectivity index (χ0) is 14.7. The van der Waals surface area contributed by atoms with Crippen LogP contribution in [0.3, 0.4) is 0 Å². The Bertz CT molecular complexity index is 555. The van der Waals surface area contributed by atoms with E-state index >= 15 is 0 Å². The normalized spacial score (nSPS) is 12.9. The number of aliphatic hydroxyl groups excluding tert-OH is 1. The van der Waals surface area contributed by atoms with E-state index in [0.29, 0.717) is 5.92 Å². The third kappa shape index (κ3) is 2.93. The van der Waals surface area contributed by atoms with Crippen molar-refractivity contribution >= 4 is 0 Å². The van der Waals surface area contributed by atoms with Gasteiger partial charge in [0.15, 0.2) is 0 Å². The van der Waals surface area contributed by atoms with Crippen molar-refractivity contribution in [3.8, 4) is 0 Å². The third-order valence-electron chi connectivity index (χ3n) is 3.79. The van der Waals surface area contributed by atoms with E-state index < -0.39 is 6.10 Å². The maximum atomic E-state index is 10.5. The summed E-state index contributed by atoms with van der Waals surface area (Å²) in [6.45, 7) is 6.47. The molecule has 0 aliphatic rings. The van der Waals surface area contributed by atoms with Crippen molar-refractivity contribution in [2.24, 2.45) is 7.05 Å². The van der Waals surface area contributed by atoms with Crippen LogP contribution in [0.2, 0.25) is 0 Å². The summed E-state index contributed by atoms with van der Waals surface area (Å²) in [7, 11) is 1.97. The van der Waals surface area contributed by atoms with E-state index in [1.807, 2.05) is 23.7 Å². The first-order valence-electron chi connectivity index (χ1n) is 7.33. The Labute approximate surface area is 121 Å². The van der Waals surface area contributed by atoms with E-state index in [4.69, 9.17) is 0 Å². The number of benzene rings is 1. The molecule has 0 saturated heterocycles. The zero-order valence-electron chi connectivity index (χ0n) is 12.8. The fourth-order valence-electron chi connectivity index (χ4n) is 2.41. The van der Waals surface area contributed by atoms with Gasteiger partial charge < -0.3 is 9.67 Å². The molecule has 1 aromatic heterocycles. The molecule has 1 heterocycles. The van der Waals surface area contributed by atoms with E-state index in [-0.39, 0.29) is 0 Å². The van der Waals surface area contributed by atoms with Gasteiger partial charge in [-0.15, -0.1) is 0 Å². The van der Waals surface area contributed by atoms with Crippen molar-refractivity contribution in [2.75, 3.05) is 0 Å². The van der Waals surface area contributed by atoms with Crippen LogP contribution in [0.15, 0.2) is 30.5 Å². The molecule has 1 atom stereocenters. The van der Waals surface area contributed by atoms with Crippen LogP contribution >= 0.6 is 0 Å². The first-order valence-corrected chi connectivity index (χ1v) is 7.33. The van der Waals surface area contributed by atoms with Crippen LogP contribution in [0.25, 0.3) is 0 Å². The Morgan fingerprint density at radius 3 is 2.30 bits per heavy atom. The molecule has 20 heavy (non-hydrogen) atoms. The Morgan fingerprint density at radius 1 is 1.15 bits per heavy atom. The van der Waals surface area contributed by atoms with Crippen LogP contribution in [-0.2, 0) is 13.5 Å². The van der Waals surface area contributed by atoms with Crippen molar-refractivity contribution in [2.45, 2.75) is 45.6 Å². The second kappa shape index (κ2) is 6.23. The van der Waals surface area contributed by atoms with Crippen molar-refractivity contribution in [3.63, 3.8) is 0 Å². The molecule has 0 bridgehead atoms. The summed E-state index contributed by atoms with van der Waals surface area (Å²) in [6.07, 6.45) is 3.17. The first kappa shape index (κ1) is 14.8. The fourth-order valence-corrected chi connectivity index (χ4v) is 2.41. The second-order valence-electron chi connectivity index (χ2n) is 5.63. The van der Waals surface area contributed by atoms with E-state index in [1.165, 1.54) is 5.56 Å². The molecule has 1 N–H and O–H groups in total. The Morgan fingerprint density at radius 2 is 1.75 bits per heavy atom. The molecule has 0 radical (unpaired) electrons. The van der Waals surface area contributed by atoms with Gasteiger partial charge in [0, 0.05) is 13.5 Å². The highest BCUT2D eigenvalue weighted by Crippen LogP contribution is 2.24. The minimum Gasteiger partial charge on any atom is -0.382 e. The van der Waals surface area contributed by atoms with Crippen LogP contribution in [0.4, 0.5) is 0 Å². The summed E-state index contributed by atoms with van der Waals surface area (Å²) >= 11 is 0. The summed E-state index contributed by atoms with van der Waals surface area (Å²) in [6, 6.07) is 8.19. The third-order valence-corrected chi connectivity index (χ3v) is 3.79. The molecule has 0 aliphatic heterocycles. The summed E-state index contributed by atoms with van der Waals surface area (Å²) < 4.78 is 2.00. The maximum absolute atomic E-state index is 10.5. The summed E-state index contributed by atoms with van der Waals surface area (Å²) in [5, 5.41) is 10.5. The predicted octanol–water partition coefficient (Wildman–Crippen LogP) is 3.58. The average Bonchev–Trinajstić information content (AvgIpc) is 2.80. The largest absolute Gasteiger partial charge is 0.382 e. The SMILES string of the molecule is CCCc1ncc([C@H](O)c2ccc(C(C)C)cc2)n1C. The minimum absolute atomic E-state index is 0.508. The highest BCUT2D eigenvalue weighted by Gasteiger charge is 2.16. The summed E-state index contributed by atoms with van der Waals surface area (Å²) in [5.41, 5.74) is 3.06. The number of aliphatic hydroxyl groups is 1. The molecule has 0 aliphatic carbocycles. The van der Waals surface area contributed by atoms with Crippen molar-refractivity contribution in [1.82, 2.24) is 9.55 Å². The fraction of sp³-hybridized carbons (Fsp3) is 0.471. The molecule has 0 unspecified atom stereocenters. The lowest BCUT2D eigenvalue weighted by atomic mass is 9.99. The number of rotatable bonds is 5. The molecule has 2 rings (SSSR count). The highest BCUT2D eigenvalue weighted by molar-refractivity contribution is 5.30. The summed E-state index contributed by atoms with van der Waals surface area (Å²) in [5.74, 6) is 1.54. The van der Waals surface area contributed by atoms with Crippen LogP contribution in [-0.4, -0.2) is 14.7 Å². The van der Waals surface area contributed by atoms with Crippen LogP contribution in [0.1, 0.15) is 61.9 Å². The van der Waals surface area contributed by atoms with Crippen LogP contribution < -0.4 is 0 Å². The topological polar surface area (TPSA) is 38.1 Å². The molecule has 0 fully saturated rings. The second-order valence-corrected chi connectivity index (χ2v) is 5.63. The number of imidazole rings is 1. The molecule has 0 saturated carbocycles. The van der Waals surface area contributed by atoms with Crippen LogP contribution in [0, 0.1) is 0 Å². The molecular formula is C17H24N2O. The average molecular weight is 272 g/mol. The van der Waals surface area contributed by atoms with Crippen molar-refractivity contribution < 1.29 is 5.11 Å². The van der Waals surface area contributed by atoms with Gasteiger partial charge in [-0.3, -0.25) is 0 Å². The molecule has 3 nitrogen and oxygen atoms in total. The van der Waals surface area contributed by atoms with Gasteiger partial charge in [0.25, 0.3) is 0 Å². The molecular weight excluding hydrogens is 248 g/mol. The number of aromatic nitrogens is 2. The number of hydrogen-bond acceptors (Lipinski definition) is 2. The number of hydrogen-bond donors (Lipinski definition) is 1. The van der Waals surface area contributed by atoms with Gasteiger partial charge in [-0.1, -0.05) is 45.0 Å². The molecule has 0 spiro atoms. The monoisotopic (exact) mass is 272 g/mol. The summed E-state index contributed by atoms with van der Waals surface area (Å²) in [4.78, 5) is 4.40. The number of aryl methyl sites for hydroxylation is 1. The zero-order valence-corrected chi connectivity index (χ0v) is 12.8. The molecule has 0 amide bonds. The van der Waals surface area contributed by atoms with Gasteiger partial charge in [0.2, 0.25) is 0 Å².